The third-order valence-corrected chi connectivity index (χ3v) is 4.80. The van der Waals surface area contributed by atoms with Gasteiger partial charge in [0, 0.05) is 24.2 Å². The zero-order chi connectivity index (χ0) is 20.2. The number of nitrogens with two attached hydrogens (primary N) is 1. The lowest BCUT2D eigenvalue weighted by Crippen LogP contribution is -2.44. The molecule has 0 aliphatic carbocycles. The van der Waals surface area contributed by atoms with Gasteiger partial charge in [0.2, 0.25) is 5.95 Å². The van der Waals surface area contributed by atoms with Crippen LogP contribution in [-0.2, 0) is 9.47 Å². The number of aromatic nitrogens is 3. The predicted octanol–water partition coefficient (Wildman–Crippen LogP) is 1.42. The maximum atomic E-state index is 11.0. The largest absolute Gasteiger partial charge is 0.457 e. The predicted molar refractivity (Wildman–Crippen MR) is 106 cm³/mol. The van der Waals surface area contributed by atoms with Gasteiger partial charge in [-0.2, -0.15) is 15.0 Å². The van der Waals surface area contributed by atoms with Crippen LogP contribution in [0.1, 0.15) is 13.3 Å². The molecule has 2 aliphatic heterocycles. The third-order valence-electron chi connectivity index (χ3n) is 4.80. The molecule has 0 bridgehead atoms. The molecule has 10 nitrogen and oxygen atoms in total. The molecule has 3 heterocycles. The molecule has 29 heavy (non-hydrogen) atoms. The molecule has 2 aliphatic rings. The lowest BCUT2D eigenvalue weighted by Gasteiger charge is -2.33. The summed E-state index contributed by atoms with van der Waals surface area (Å²) in [5, 5.41) is 2.54. The van der Waals surface area contributed by atoms with E-state index in [1.54, 1.807) is 12.1 Å². The summed E-state index contributed by atoms with van der Waals surface area (Å²) in [4.78, 5) is 26.8. The van der Waals surface area contributed by atoms with Gasteiger partial charge in [0.05, 0.1) is 32.5 Å². The zero-order valence-corrected chi connectivity index (χ0v) is 16.2. The van der Waals surface area contributed by atoms with Crippen LogP contribution >= 0.6 is 0 Å². The van der Waals surface area contributed by atoms with E-state index >= 15 is 0 Å². The van der Waals surface area contributed by atoms with Gasteiger partial charge in [-0.15, -0.1) is 0 Å². The second kappa shape index (κ2) is 8.58. The van der Waals surface area contributed by atoms with Crippen LogP contribution in [0.3, 0.4) is 0 Å². The summed E-state index contributed by atoms with van der Waals surface area (Å²) in [7, 11) is 0. The van der Waals surface area contributed by atoms with Gasteiger partial charge < -0.3 is 30.2 Å². The first-order chi connectivity index (χ1) is 14.1. The number of urea groups is 1. The van der Waals surface area contributed by atoms with Crippen molar-refractivity contribution in [3.63, 3.8) is 0 Å². The average molecular weight is 400 g/mol. The van der Waals surface area contributed by atoms with Crippen molar-refractivity contribution in [2.45, 2.75) is 25.5 Å². The zero-order valence-electron chi connectivity index (χ0n) is 16.2. The topological polar surface area (TPSA) is 125 Å². The van der Waals surface area contributed by atoms with Crippen LogP contribution in [0.15, 0.2) is 24.3 Å². The van der Waals surface area contributed by atoms with Gasteiger partial charge in [-0.05, 0) is 31.2 Å². The summed E-state index contributed by atoms with van der Waals surface area (Å²) in [5.41, 5.74) is 6.53. The van der Waals surface area contributed by atoms with Gasteiger partial charge >= 0.3 is 12.0 Å². The van der Waals surface area contributed by atoms with E-state index in [2.05, 4.69) is 32.1 Å². The first-order valence-corrected chi connectivity index (χ1v) is 9.60. The second-order valence-corrected chi connectivity index (χ2v) is 7.03. The smallest absolute Gasteiger partial charge is 0.322 e. The maximum Gasteiger partial charge on any atom is 0.322 e. The fourth-order valence-electron chi connectivity index (χ4n) is 3.28. The molecule has 3 N–H and O–H groups in total. The number of rotatable bonds is 5. The van der Waals surface area contributed by atoms with Crippen LogP contribution in [-0.4, -0.2) is 66.1 Å². The molecule has 1 aromatic carbocycles. The maximum absolute atomic E-state index is 11.0. The van der Waals surface area contributed by atoms with Crippen LogP contribution < -0.4 is 20.7 Å². The van der Waals surface area contributed by atoms with Crippen molar-refractivity contribution in [3.05, 3.63) is 24.3 Å². The molecule has 0 radical (unpaired) electrons. The van der Waals surface area contributed by atoms with E-state index < -0.39 is 6.03 Å². The monoisotopic (exact) mass is 400 g/mol. The van der Waals surface area contributed by atoms with Crippen LogP contribution in [0.2, 0.25) is 0 Å². The Bertz CT molecular complexity index is 856. The number of hydrogen-bond donors (Lipinski definition) is 2. The highest BCUT2D eigenvalue weighted by atomic mass is 16.6. The number of morpholine rings is 1. The Labute approximate surface area is 168 Å². The lowest BCUT2D eigenvalue weighted by atomic mass is 10.2. The highest BCUT2D eigenvalue weighted by Gasteiger charge is 2.25. The summed E-state index contributed by atoms with van der Waals surface area (Å²) in [6.45, 7) is 5.19. The Balaban J connectivity index is 1.65. The number of hydrogen-bond acceptors (Lipinski definition) is 8. The summed E-state index contributed by atoms with van der Waals surface area (Å²) < 4.78 is 16.9. The molecule has 4 rings (SSSR count). The molecular formula is C19H24N6O4. The molecule has 2 aromatic rings. The van der Waals surface area contributed by atoms with Gasteiger partial charge in [-0.3, -0.25) is 0 Å². The standard InChI is InChI=1S/C19H24N6O4/c1-12-10-28-9-7-25(12)18-22-16(13-2-4-14(5-3-13)21-17(20)26)23-19(24-18)29-15-6-8-27-11-15/h2-5,12,15H,6-11H2,1H3,(H3,20,21,26)/t12-,15?/m0/s1. The van der Waals surface area contributed by atoms with Gasteiger partial charge in [-0.25, -0.2) is 4.79 Å². The Morgan fingerprint density at radius 1 is 1.17 bits per heavy atom. The van der Waals surface area contributed by atoms with E-state index in [1.807, 2.05) is 12.1 Å². The molecule has 10 heteroatoms. The van der Waals surface area contributed by atoms with Crippen molar-refractivity contribution in [2.75, 3.05) is 43.2 Å². The number of nitrogens with zero attached hydrogens (tertiary/aromatic N) is 4. The second-order valence-electron chi connectivity index (χ2n) is 7.03. The minimum absolute atomic E-state index is 0.0673. The highest BCUT2D eigenvalue weighted by molar-refractivity contribution is 5.88. The Kier molecular flexibility index (Phi) is 5.72. The minimum Gasteiger partial charge on any atom is -0.457 e. The van der Waals surface area contributed by atoms with Gasteiger partial charge in [0.25, 0.3) is 0 Å². The van der Waals surface area contributed by atoms with E-state index in [4.69, 9.17) is 19.9 Å². The number of carbonyl (C=O) groups excluding carboxylic acids is 1. The van der Waals surface area contributed by atoms with Gasteiger partial charge in [0.1, 0.15) is 6.10 Å². The van der Waals surface area contributed by atoms with E-state index in [1.165, 1.54) is 0 Å². The van der Waals surface area contributed by atoms with Crippen molar-refractivity contribution >= 4 is 17.7 Å². The van der Waals surface area contributed by atoms with E-state index in [-0.39, 0.29) is 18.2 Å². The van der Waals surface area contributed by atoms with E-state index in [0.29, 0.717) is 50.4 Å². The molecule has 0 saturated carbocycles. The molecule has 2 atom stereocenters. The first-order valence-electron chi connectivity index (χ1n) is 9.60. The van der Waals surface area contributed by atoms with Crippen molar-refractivity contribution in [3.8, 4) is 17.4 Å². The molecular weight excluding hydrogens is 376 g/mol. The first kappa shape index (κ1) is 19.3. The molecule has 154 valence electrons. The number of carbonyl (C=O) groups is 1. The molecule has 0 spiro atoms. The summed E-state index contributed by atoms with van der Waals surface area (Å²) in [5.74, 6) is 1.05. The molecule has 1 unspecified atom stereocenters. The summed E-state index contributed by atoms with van der Waals surface area (Å²) in [6, 6.07) is 6.92. The fourth-order valence-corrected chi connectivity index (χ4v) is 3.28. The third kappa shape index (κ3) is 4.72. The number of primary amides is 1. The van der Waals surface area contributed by atoms with Crippen LogP contribution in [0, 0.1) is 0 Å². The molecule has 1 aromatic heterocycles. The van der Waals surface area contributed by atoms with Crippen LogP contribution in [0.5, 0.6) is 6.01 Å². The van der Waals surface area contributed by atoms with Crippen LogP contribution in [0.4, 0.5) is 16.4 Å². The highest BCUT2D eigenvalue weighted by Crippen LogP contribution is 2.25. The van der Waals surface area contributed by atoms with Crippen molar-refractivity contribution in [1.29, 1.82) is 0 Å². The van der Waals surface area contributed by atoms with E-state index in [0.717, 1.165) is 12.0 Å². The number of amides is 2. The number of anilines is 2. The van der Waals surface area contributed by atoms with Crippen molar-refractivity contribution in [2.24, 2.45) is 5.73 Å². The SMILES string of the molecule is C[C@H]1COCCN1c1nc(OC2CCOC2)nc(-c2ccc(NC(N)=O)cc2)n1. The quantitative estimate of drug-likeness (QED) is 0.772. The van der Waals surface area contributed by atoms with Crippen LogP contribution in [0.25, 0.3) is 11.4 Å². The number of nitrogens with one attached hydrogen (secondary N) is 1. The average Bonchev–Trinajstić information content (AvgIpc) is 3.21. The Morgan fingerprint density at radius 2 is 1.97 bits per heavy atom. The van der Waals surface area contributed by atoms with Gasteiger partial charge in [0.15, 0.2) is 5.82 Å². The van der Waals surface area contributed by atoms with Crippen molar-refractivity contribution < 1.29 is 19.0 Å². The van der Waals surface area contributed by atoms with E-state index in [9.17, 15) is 4.79 Å². The minimum atomic E-state index is -0.615. The molecule has 2 saturated heterocycles. The summed E-state index contributed by atoms with van der Waals surface area (Å²) in [6.07, 6.45) is 0.736. The van der Waals surface area contributed by atoms with Gasteiger partial charge in [-0.1, -0.05) is 0 Å². The molecule has 2 amide bonds. The summed E-state index contributed by atoms with van der Waals surface area (Å²) >= 11 is 0. The van der Waals surface area contributed by atoms with Crippen molar-refractivity contribution in [1.82, 2.24) is 15.0 Å². The number of ether oxygens (including phenoxy) is 3. The lowest BCUT2D eigenvalue weighted by molar-refractivity contribution is 0.0977. The number of benzene rings is 1. The normalized spacial score (nSPS) is 21.8. The fraction of sp³-hybridized carbons (Fsp3) is 0.474. The Morgan fingerprint density at radius 3 is 2.66 bits per heavy atom. The Hall–Kier alpha value is -2.98. The molecule has 2 fully saturated rings.